The smallest absolute Gasteiger partial charge is 0.302 e. The van der Waals surface area contributed by atoms with Crippen molar-refractivity contribution in [2.75, 3.05) is 19.8 Å². The maximum atomic E-state index is 11.9. The summed E-state index contributed by atoms with van der Waals surface area (Å²) in [7, 11) is -7.96. The van der Waals surface area contributed by atoms with Crippen LogP contribution in [0.5, 0.6) is 0 Å². The van der Waals surface area contributed by atoms with Crippen molar-refractivity contribution in [3.8, 4) is 0 Å². The van der Waals surface area contributed by atoms with Crippen LogP contribution in [0.2, 0.25) is 0 Å². The summed E-state index contributed by atoms with van der Waals surface area (Å²) in [5.74, 6) is 0. The van der Waals surface area contributed by atoms with Gasteiger partial charge in [-0.1, -0.05) is 103 Å². The van der Waals surface area contributed by atoms with E-state index in [1.54, 1.807) is 13.8 Å². The molecule has 2 unspecified atom stereocenters. The van der Waals surface area contributed by atoms with E-state index in [0.29, 0.717) is 12.8 Å². The van der Waals surface area contributed by atoms with Gasteiger partial charge in [0.25, 0.3) is 0 Å². The molecule has 0 heterocycles. The first-order valence-corrected chi connectivity index (χ1v) is 16.9. The molecule has 0 saturated carbocycles. The molecule has 0 spiro atoms. The van der Waals surface area contributed by atoms with Crippen LogP contribution in [0.3, 0.4) is 0 Å². The average Bonchev–Trinajstić information content (AvgIpc) is 2.77. The maximum Gasteiger partial charge on any atom is 0.472 e. The molecule has 0 amide bonds. The third-order valence-electron chi connectivity index (χ3n) is 5.64. The van der Waals surface area contributed by atoms with Crippen molar-refractivity contribution in [3.05, 3.63) is 0 Å². The lowest BCUT2D eigenvalue weighted by molar-refractivity contribution is 0.118. The minimum Gasteiger partial charge on any atom is -0.302 e. The SMILES string of the molecule is CCCCCCCCCCCCCCCCOP(=O)(O)OCCCCCCOP(=O)(O)OC(C)C. The van der Waals surface area contributed by atoms with Gasteiger partial charge >= 0.3 is 15.6 Å². The van der Waals surface area contributed by atoms with E-state index in [9.17, 15) is 18.9 Å². The van der Waals surface area contributed by atoms with Crippen molar-refractivity contribution in [2.24, 2.45) is 0 Å². The molecule has 0 aliphatic rings. The highest BCUT2D eigenvalue weighted by atomic mass is 31.2. The van der Waals surface area contributed by atoms with Crippen LogP contribution in [0.25, 0.3) is 0 Å². The molecule has 8 nitrogen and oxygen atoms in total. The Kier molecular flexibility index (Phi) is 23.5. The molecule has 0 rings (SSSR count). The lowest BCUT2D eigenvalue weighted by Crippen LogP contribution is -2.03. The summed E-state index contributed by atoms with van der Waals surface area (Å²) in [5, 5.41) is 0. The number of unbranched alkanes of at least 4 members (excludes halogenated alkanes) is 16. The fourth-order valence-corrected chi connectivity index (χ4v) is 5.48. The molecule has 0 aliphatic carbocycles. The van der Waals surface area contributed by atoms with Gasteiger partial charge in [-0.15, -0.1) is 0 Å². The topological polar surface area (TPSA) is 112 Å². The average molecular weight is 545 g/mol. The van der Waals surface area contributed by atoms with Crippen LogP contribution in [-0.4, -0.2) is 35.7 Å². The van der Waals surface area contributed by atoms with E-state index < -0.39 is 15.6 Å². The molecule has 2 N–H and O–H groups in total. The molecule has 35 heavy (non-hydrogen) atoms. The van der Waals surface area contributed by atoms with E-state index in [2.05, 4.69) is 6.92 Å². The Morgan fingerprint density at radius 1 is 0.514 bits per heavy atom. The highest BCUT2D eigenvalue weighted by Gasteiger charge is 2.22. The van der Waals surface area contributed by atoms with Gasteiger partial charge in [0.05, 0.1) is 25.9 Å². The standard InChI is InChI=1S/C25H54O8P2/c1-4-5-6-7-8-9-10-11-12-13-14-15-16-19-22-30-34(26,27)31-23-20-17-18-21-24-32-35(28,29)33-25(2)3/h25H,4-24H2,1-3H3,(H,26,27)(H,28,29). The van der Waals surface area contributed by atoms with Crippen LogP contribution < -0.4 is 0 Å². The van der Waals surface area contributed by atoms with Crippen LogP contribution in [0.4, 0.5) is 0 Å². The zero-order valence-electron chi connectivity index (χ0n) is 22.7. The monoisotopic (exact) mass is 544 g/mol. The predicted octanol–water partition coefficient (Wildman–Crippen LogP) is 8.70. The Balaban J connectivity index is 3.43. The largest absolute Gasteiger partial charge is 0.472 e. The van der Waals surface area contributed by atoms with Crippen molar-refractivity contribution in [3.63, 3.8) is 0 Å². The van der Waals surface area contributed by atoms with Gasteiger partial charge in [-0.2, -0.15) is 0 Å². The Morgan fingerprint density at radius 3 is 1.11 bits per heavy atom. The molecular formula is C25H54O8P2. The lowest BCUT2D eigenvalue weighted by Gasteiger charge is -2.14. The van der Waals surface area contributed by atoms with Crippen LogP contribution in [0.15, 0.2) is 0 Å². The molecule has 0 fully saturated rings. The van der Waals surface area contributed by atoms with Crippen LogP contribution >= 0.6 is 15.6 Å². The van der Waals surface area contributed by atoms with Gasteiger partial charge in [-0.3, -0.25) is 18.1 Å². The second kappa shape index (κ2) is 23.3. The number of phosphoric ester groups is 2. The number of hydrogen-bond acceptors (Lipinski definition) is 6. The molecule has 212 valence electrons. The van der Waals surface area contributed by atoms with E-state index >= 15 is 0 Å². The minimum absolute atomic E-state index is 0.127. The van der Waals surface area contributed by atoms with Gasteiger partial charge in [0.15, 0.2) is 0 Å². The molecular weight excluding hydrogens is 490 g/mol. The summed E-state index contributed by atoms with van der Waals surface area (Å²) in [4.78, 5) is 19.2. The zero-order chi connectivity index (χ0) is 26.3. The highest BCUT2D eigenvalue weighted by Crippen LogP contribution is 2.45. The van der Waals surface area contributed by atoms with Crippen molar-refractivity contribution in [1.29, 1.82) is 0 Å². The summed E-state index contributed by atoms with van der Waals surface area (Å²) in [6.07, 6.45) is 20.0. The second-order valence-electron chi connectivity index (χ2n) is 9.60. The summed E-state index contributed by atoms with van der Waals surface area (Å²) >= 11 is 0. The molecule has 0 aromatic heterocycles. The fourth-order valence-electron chi connectivity index (χ4n) is 3.73. The second-order valence-corrected chi connectivity index (χ2v) is 12.5. The fraction of sp³-hybridized carbons (Fsp3) is 1.00. The Hall–Kier alpha value is 0.220. The molecule has 0 aliphatic heterocycles. The number of rotatable bonds is 27. The first-order chi connectivity index (χ1) is 16.7. The summed E-state index contributed by atoms with van der Waals surface area (Å²) in [6, 6.07) is 0. The zero-order valence-corrected chi connectivity index (χ0v) is 24.5. The molecule has 10 heteroatoms. The Labute approximate surface area is 215 Å². The quantitative estimate of drug-likeness (QED) is 0.0780. The number of phosphoric acid groups is 2. The van der Waals surface area contributed by atoms with Gasteiger partial charge < -0.3 is 9.79 Å². The van der Waals surface area contributed by atoms with Gasteiger partial charge in [0, 0.05) is 0 Å². The summed E-state index contributed by atoms with van der Waals surface area (Å²) < 4.78 is 43.2. The first kappa shape index (κ1) is 35.2. The molecule has 0 aromatic rings. The third kappa shape index (κ3) is 27.1. The van der Waals surface area contributed by atoms with Gasteiger partial charge in [0.1, 0.15) is 0 Å². The lowest BCUT2D eigenvalue weighted by atomic mass is 10.0. The normalized spacial score (nSPS) is 15.4. The summed E-state index contributed by atoms with van der Waals surface area (Å²) in [5.41, 5.74) is 0. The van der Waals surface area contributed by atoms with Crippen LogP contribution in [0, 0.1) is 0 Å². The Morgan fingerprint density at radius 2 is 0.800 bits per heavy atom. The molecule has 0 radical (unpaired) electrons. The third-order valence-corrected chi connectivity index (χ3v) is 7.86. The van der Waals surface area contributed by atoms with Crippen LogP contribution in [-0.2, 0) is 27.2 Å². The molecule has 0 saturated heterocycles. The summed E-state index contributed by atoms with van der Waals surface area (Å²) in [6.45, 7) is 6.09. The molecule has 2 atom stereocenters. The predicted molar refractivity (Wildman–Crippen MR) is 143 cm³/mol. The number of hydrogen-bond donors (Lipinski definition) is 2. The highest BCUT2D eigenvalue weighted by molar-refractivity contribution is 7.47. The van der Waals surface area contributed by atoms with E-state index in [1.165, 1.54) is 70.6 Å². The molecule has 0 aromatic carbocycles. The van der Waals surface area contributed by atoms with Crippen molar-refractivity contribution >= 4 is 15.6 Å². The first-order valence-electron chi connectivity index (χ1n) is 14.0. The van der Waals surface area contributed by atoms with Crippen LogP contribution in [0.1, 0.15) is 136 Å². The molecule has 0 bridgehead atoms. The van der Waals surface area contributed by atoms with E-state index in [-0.39, 0.29) is 25.9 Å². The maximum absolute atomic E-state index is 11.9. The van der Waals surface area contributed by atoms with E-state index in [0.717, 1.165) is 32.1 Å². The Bertz CT molecular complexity index is 560. The van der Waals surface area contributed by atoms with Gasteiger partial charge in [-0.05, 0) is 33.1 Å². The van der Waals surface area contributed by atoms with Crippen molar-refractivity contribution in [1.82, 2.24) is 0 Å². The van der Waals surface area contributed by atoms with Crippen molar-refractivity contribution < 1.29 is 37.0 Å². The van der Waals surface area contributed by atoms with Gasteiger partial charge in [-0.25, -0.2) is 9.13 Å². The minimum atomic E-state index is -3.99. The van der Waals surface area contributed by atoms with E-state index in [4.69, 9.17) is 18.1 Å². The van der Waals surface area contributed by atoms with E-state index in [1.807, 2.05) is 0 Å². The van der Waals surface area contributed by atoms with Crippen molar-refractivity contribution in [2.45, 2.75) is 142 Å². The van der Waals surface area contributed by atoms with Gasteiger partial charge in [0.2, 0.25) is 0 Å².